The summed E-state index contributed by atoms with van der Waals surface area (Å²) in [5, 5.41) is 14.0. The highest BCUT2D eigenvalue weighted by atomic mass is 16.5. The molecule has 0 radical (unpaired) electrons. The van der Waals surface area contributed by atoms with Gasteiger partial charge in [0.05, 0.1) is 25.9 Å². The van der Waals surface area contributed by atoms with Gasteiger partial charge >= 0.3 is 0 Å². The largest absolute Gasteiger partial charge is 0.497 e. The summed E-state index contributed by atoms with van der Waals surface area (Å²) in [5.41, 5.74) is 3.22. The zero-order chi connectivity index (χ0) is 20.4. The van der Waals surface area contributed by atoms with Crippen molar-refractivity contribution < 1.29 is 19.4 Å². The van der Waals surface area contributed by atoms with Gasteiger partial charge in [-0.15, -0.1) is 0 Å². The Bertz CT molecular complexity index is 1010. The lowest BCUT2D eigenvalue weighted by Crippen LogP contribution is -2.49. The molecule has 0 saturated carbocycles. The second kappa shape index (κ2) is 8.23. The van der Waals surface area contributed by atoms with Crippen LogP contribution in [0.25, 0.3) is 11.0 Å². The van der Waals surface area contributed by atoms with Crippen LogP contribution in [0.2, 0.25) is 0 Å². The summed E-state index contributed by atoms with van der Waals surface area (Å²) in [6.45, 7) is 0.811. The fourth-order valence-electron chi connectivity index (χ4n) is 3.63. The fourth-order valence-corrected chi connectivity index (χ4v) is 3.63. The Labute approximate surface area is 169 Å². The van der Waals surface area contributed by atoms with Crippen molar-refractivity contribution in [2.24, 2.45) is 7.05 Å². The standard InChI is InChI=1S/C22H25N3O4/c1-25-9-7-17-15(11-14-3-5-16(28-2)6-4-14)12-18(23-21(17)25)22(27)24-19-13-29-10-8-20(19)26/h3-7,9,12,19-20,26H,8,10-11,13H2,1-2H3,(H,24,27)/t19-,20-/m0/s1. The lowest BCUT2D eigenvalue weighted by atomic mass is 10.0. The zero-order valence-electron chi connectivity index (χ0n) is 16.6. The van der Waals surface area contributed by atoms with Crippen LogP contribution >= 0.6 is 0 Å². The lowest BCUT2D eigenvalue weighted by molar-refractivity contribution is -0.0140. The third-order valence-electron chi connectivity index (χ3n) is 5.35. The van der Waals surface area contributed by atoms with Gasteiger partial charge in [0, 0.05) is 25.2 Å². The van der Waals surface area contributed by atoms with Crippen LogP contribution in [0.4, 0.5) is 0 Å². The Hall–Kier alpha value is -2.90. The molecular weight excluding hydrogens is 370 g/mol. The van der Waals surface area contributed by atoms with Crippen LogP contribution in [-0.4, -0.2) is 53.0 Å². The van der Waals surface area contributed by atoms with Crippen molar-refractivity contribution in [3.8, 4) is 5.75 Å². The third kappa shape index (κ3) is 4.11. The van der Waals surface area contributed by atoms with Crippen LogP contribution in [0.1, 0.15) is 28.0 Å². The number of rotatable bonds is 5. The molecule has 0 spiro atoms. The van der Waals surface area contributed by atoms with Gasteiger partial charge in [0.25, 0.3) is 5.91 Å². The Balaban J connectivity index is 1.64. The number of carbonyl (C=O) groups is 1. The second-order valence-electron chi connectivity index (χ2n) is 7.37. The van der Waals surface area contributed by atoms with Gasteiger partial charge in [-0.25, -0.2) is 4.98 Å². The molecule has 1 fully saturated rings. The van der Waals surface area contributed by atoms with E-state index in [1.54, 1.807) is 7.11 Å². The number of hydrogen-bond acceptors (Lipinski definition) is 5. The third-order valence-corrected chi connectivity index (χ3v) is 5.35. The number of aliphatic hydroxyl groups is 1. The van der Waals surface area contributed by atoms with Crippen molar-refractivity contribution in [2.45, 2.75) is 25.0 Å². The first kappa shape index (κ1) is 19.4. The van der Waals surface area contributed by atoms with Crippen LogP contribution < -0.4 is 10.1 Å². The number of carbonyl (C=O) groups excluding carboxylic acids is 1. The first-order valence-corrected chi connectivity index (χ1v) is 9.69. The number of hydrogen-bond donors (Lipinski definition) is 2. The number of benzene rings is 1. The van der Waals surface area contributed by atoms with Gasteiger partial charge in [-0.2, -0.15) is 0 Å². The number of amides is 1. The van der Waals surface area contributed by atoms with Gasteiger partial charge in [-0.3, -0.25) is 4.79 Å². The summed E-state index contributed by atoms with van der Waals surface area (Å²) in [7, 11) is 3.55. The van der Waals surface area contributed by atoms with Crippen LogP contribution in [-0.2, 0) is 18.2 Å². The number of aromatic nitrogens is 2. The molecule has 0 bridgehead atoms. The second-order valence-corrected chi connectivity index (χ2v) is 7.37. The predicted molar refractivity (Wildman–Crippen MR) is 109 cm³/mol. The maximum atomic E-state index is 12.9. The van der Waals surface area contributed by atoms with Crippen molar-refractivity contribution >= 4 is 16.9 Å². The summed E-state index contributed by atoms with van der Waals surface area (Å²) in [5.74, 6) is 0.500. The van der Waals surface area contributed by atoms with E-state index in [9.17, 15) is 9.90 Å². The van der Waals surface area contributed by atoms with Gasteiger partial charge in [0.15, 0.2) is 0 Å². The number of aliphatic hydroxyl groups excluding tert-OH is 1. The van der Waals surface area contributed by atoms with Gasteiger partial charge in [0.2, 0.25) is 0 Å². The minimum absolute atomic E-state index is 0.304. The van der Waals surface area contributed by atoms with Crippen LogP contribution in [0, 0.1) is 0 Å². The van der Waals surface area contributed by atoms with E-state index in [0.717, 1.165) is 27.9 Å². The topological polar surface area (TPSA) is 85.6 Å². The molecule has 29 heavy (non-hydrogen) atoms. The van der Waals surface area contributed by atoms with E-state index < -0.39 is 12.1 Å². The molecule has 1 saturated heterocycles. The van der Waals surface area contributed by atoms with Crippen molar-refractivity contribution in [1.29, 1.82) is 0 Å². The molecule has 4 rings (SSSR count). The SMILES string of the molecule is COc1ccc(Cc2cc(C(=O)N[C@H]3COCC[C@@H]3O)nc3c2ccn3C)cc1. The molecule has 2 aromatic heterocycles. The predicted octanol–water partition coefficient (Wildman–Crippen LogP) is 2.05. The van der Waals surface area contributed by atoms with Crippen molar-refractivity contribution in [3.63, 3.8) is 0 Å². The van der Waals surface area contributed by atoms with E-state index in [-0.39, 0.29) is 5.91 Å². The Morgan fingerprint density at radius 3 is 2.86 bits per heavy atom. The number of methoxy groups -OCH3 is 1. The molecule has 152 valence electrons. The van der Waals surface area contributed by atoms with Crippen molar-refractivity contribution in [3.05, 3.63) is 59.4 Å². The number of pyridine rings is 1. The molecule has 1 aliphatic heterocycles. The summed E-state index contributed by atoms with van der Waals surface area (Å²) >= 11 is 0. The molecule has 1 aromatic carbocycles. The first-order chi connectivity index (χ1) is 14.0. The highest BCUT2D eigenvalue weighted by molar-refractivity contribution is 5.95. The smallest absolute Gasteiger partial charge is 0.270 e. The maximum Gasteiger partial charge on any atom is 0.270 e. The number of nitrogens with zero attached hydrogens (tertiary/aromatic N) is 2. The molecule has 1 aliphatic rings. The minimum atomic E-state index is -0.606. The first-order valence-electron chi connectivity index (χ1n) is 9.69. The van der Waals surface area contributed by atoms with Gasteiger partial charge < -0.3 is 24.5 Å². The van der Waals surface area contributed by atoms with Gasteiger partial charge in [0.1, 0.15) is 17.1 Å². The molecule has 0 aliphatic carbocycles. The van der Waals surface area contributed by atoms with E-state index in [1.165, 1.54) is 0 Å². The number of fused-ring (bicyclic) bond motifs is 1. The number of ether oxygens (including phenoxy) is 2. The highest BCUT2D eigenvalue weighted by Crippen LogP contribution is 2.23. The van der Waals surface area contributed by atoms with Crippen molar-refractivity contribution in [2.75, 3.05) is 20.3 Å². The summed E-state index contributed by atoms with van der Waals surface area (Å²) in [6, 6.07) is 11.3. The minimum Gasteiger partial charge on any atom is -0.497 e. The van der Waals surface area contributed by atoms with Crippen LogP contribution in [0.15, 0.2) is 42.6 Å². The number of aryl methyl sites for hydroxylation is 1. The van der Waals surface area contributed by atoms with Crippen molar-refractivity contribution in [1.82, 2.24) is 14.9 Å². The summed E-state index contributed by atoms with van der Waals surface area (Å²) in [4.78, 5) is 17.4. The molecule has 0 unspecified atom stereocenters. The summed E-state index contributed by atoms with van der Waals surface area (Å²) < 4.78 is 12.5. The fraction of sp³-hybridized carbons (Fsp3) is 0.364. The Morgan fingerprint density at radius 2 is 2.14 bits per heavy atom. The van der Waals surface area contributed by atoms with E-state index in [4.69, 9.17) is 9.47 Å². The quantitative estimate of drug-likeness (QED) is 0.691. The average molecular weight is 395 g/mol. The van der Waals surface area contributed by atoms with Crippen LogP contribution in [0.5, 0.6) is 5.75 Å². The van der Waals surface area contributed by atoms with E-state index in [2.05, 4.69) is 10.3 Å². The molecule has 2 N–H and O–H groups in total. The highest BCUT2D eigenvalue weighted by Gasteiger charge is 2.26. The Morgan fingerprint density at radius 1 is 1.34 bits per heavy atom. The molecular formula is C22H25N3O4. The summed E-state index contributed by atoms with van der Waals surface area (Å²) in [6.07, 6.45) is 2.51. The number of nitrogens with one attached hydrogen (secondary N) is 1. The molecule has 3 heterocycles. The molecule has 1 amide bonds. The normalized spacial score (nSPS) is 19.3. The molecule has 3 aromatic rings. The van der Waals surface area contributed by atoms with E-state index in [1.807, 2.05) is 54.2 Å². The Kier molecular flexibility index (Phi) is 5.51. The maximum absolute atomic E-state index is 12.9. The molecule has 7 heteroatoms. The molecule has 7 nitrogen and oxygen atoms in total. The van der Waals surface area contributed by atoms with E-state index >= 15 is 0 Å². The monoisotopic (exact) mass is 395 g/mol. The van der Waals surface area contributed by atoms with Gasteiger partial charge in [-0.05, 0) is 48.2 Å². The average Bonchev–Trinajstić information content (AvgIpc) is 3.11. The lowest BCUT2D eigenvalue weighted by Gasteiger charge is -2.28. The van der Waals surface area contributed by atoms with Crippen LogP contribution in [0.3, 0.4) is 0 Å². The molecule has 2 atom stereocenters. The zero-order valence-corrected chi connectivity index (χ0v) is 16.6. The van der Waals surface area contributed by atoms with E-state index in [0.29, 0.717) is 31.7 Å². The van der Waals surface area contributed by atoms with Gasteiger partial charge in [-0.1, -0.05) is 12.1 Å².